The van der Waals surface area contributed by atoms with Crippen LogP contribution < -0.4 is 15.6 Å². The zero-order valence-electron chi connectivity index (χ0n) is 16.7. The number of hydrazone groups is 1. The third-order valence-corrected chi connectivity index (χ3v) is 5.16. The number of hydrogen-bond acceptors (Lipinski definition) is 5. The van der Waals surface area contributed by atoms with Crippen molar-refractivity contribution in [2.24, 2.45) is 5.10 Å². The van der Waals surface area contributed by atoms with E-state index < -0.39 is 0 Å². The molecular weight excluding hydrogens is 382 g/mol. The van der Waals surface area contributed by atoms with E-state index in [-0.39, 0.29) is 30.9 Å². The van der Waals surface area contributed by atoms with Crippen molar-refractivity contribution in [2.75, 3.05) is 18.1 Å². The third-order valence-electron chi connectivity index (χ3n) is 5.16. The van der Waals surface area contributed by atoms with Crippen LogP contribution in [0.4, 0.5) is 10.5 Å². The lowest BCUT2D eigenvalue weighted by atomic mass is 10.1. The van der Waals surface area contributed by atoms with E-state index in [1.165, 1.54) is 4.90 Å². The number of nitrogens with one attached hydrogen (secondary N) is 2. The summed E-state index contributed by atoms with van der Waals surface area (Å²) in [5.74, 6) is -0.375. The summed E-state index contributed by atoms with van der Waals surface area (Å²) < 4.78 is 0. The standard InChI is InChI=1S/C22H23N5O3/c1-15-10-11-27(25-15)19-8-6-18(7-9-19)21(29)23-12-16-2-4-17(5-3-16)14-26-20(28)13-24-22(26)30/h2-9H,10-14H2,1H3,(H,23,29)(H,24,30). The second kappa shape index (κ2) is 8.36. The predicted octanol–water partition coefficient (Wildman–Crippen LogP) is 2.25. The lowest BCUT2D eigenvalue weighted by molar-refractivity contribution is -0.125. The van der Waals surface area contributed by atoms with Gasteiger partial charge in [0.2, 0.25) is 5.91 Å². The summed E-state index contributed by atoms with van der Waals surface area (Å²) in [6, 6.07) is 14.5. The summed E-state index contributed by atoms with van der Waals surface area (Å²) in [5.41, 5.74) is 4.46. The lowest BCUT2D eigenvalue weighted by Crippen LogP contribution is -2.30. The number of nitrogens with zero attached hydrogens (tertiary/aromatic N) is 3. The number of carbonyl (C=O) groups excluding carboxylic acids is 3. The van der Waals surface area contributed by atoms with Gasteiger partial charge >= 0.3 is 6.03 Å². The maximum atomic E-state index is 12.4. The Morgan fingerprint density at radius 1 is 1.07 bits per heavy atom. The molecule has 0 atom stereocenters. The summed E-state index contributed by atoms with van der Waals surface area (Å²) >= 11 is 0. The van der Waals surface area contributed by atoms with Gasteiger partial charge in [-0.2, -0.15) is 5.10 Å². The molecule has 30 heavy (non-hydrogen) atoms. The Morgan fingerprint density at radius 3 is 2.37 bits per heavy atom. The Morgan fingerprint density at radius 2 is 1.77 bits per heavy atom. The highest BCUT2D eigenvalue weighted by molar-refractivity contribution is 6.01. The molecule has 2 aliphatic rings. The van der Waals surface area contributed by atoms with E-state index >= 15 is 0 Å². The van der Waals surface area contributed by atoms with Crippen molar-refractivity contribution in [1.82, 2.24) is 15.5 Å². The van der Waals surface area contributed by atoms with Crippen LogP contribution in [0, 0.1) is 0 Å². The number of rotatable bonds is 6. The summed E-state index contributed by atoms with van der Waals surface area (Å²) in [7, 11) is 0. The first kappa shape index (κ1) is 19.6. The molecule has 4 amide bonds. The third kappa shape index (κ3) is 4.32. The number of benzene rings is 2. The molecule has 0 unspecified atom stereocenters. The molecule has 8 nitrogen and oxygen atoms in total. The Bertz CT molecular complexity index is 982. The van der Waals surface area contributed by atoms with Gasteiger partial charge in [-0.05, 0) is 42.3 Å². The SMILES string of the molecule is CC1=NN(c2ccc(C(=O)NCc3ccc(CN4C(=O)CNC4=O)cc3)cc2)CC1. The zero-order chi connectivity index (χ0) is 21.1. The van der Waals surface area contributed by atoms with E-state index in [1.807, 2.05) is 48.3 Å². The van der Waals surface area contributed by atoms with E-state index in [2.05, 4.69) is 15.7 Å². The molecule has 2 N–H and O–H groups in total. The van der Waals surface area contributed by atoms with Gasteiger partial charge in [-0.3, -0.25) is 19.5 Å². The first-order valence-electron chi connectivity index (χ1n) is 9.85. The van der Waals surface area contributed by atoms with Crippen LogP contribution in [0.5, 0.6) is 0 Å². The van der Waals surface area contributed by atoms with E-state index in [0.29, 0.717) is 12.1 Å². The normalized spacial score (nSPS) is 16.0. The number of imide groups is 1. The molecule has 154 valence electrons. The Hall–Kier alpha value is -3.68. The smallest absolute Gasteiger partial charge is 0.324 e. The van der Waals surface area contributed by atoms with Gasteiger partial charge in [-0.25, -0.2) is 4.79 Å². The molecular formula is C22H23N5O3. The first-order chi connectivity index (χ1) is 14.5. The average molecular weight is 405 g/mol. The highest BCUT2D eigenvalue weighted by atomic mass is 16.2. The van der Waals surface area contributed by atoms with Gasteiger partial charge in [0, 0.05) is 30.8 Å². The largest absolute Gasteiger partial charge is 0.348 e. The zero-order valence-corrected chi connectivity index (χ0v) is 16.7. The summed E-state index contributed by atoms with van der Waals surface area (Å²) in [4.78, 5) is 36.9. The quantitative estimate of drug-likeness (QED) is 0.721. The number of urea groups is 1. The molecule has 0 aromatic heterocycles. The van der Waals surface area contributed by atoms with Gasteiger partial charge in [0.25, 0.3) is 5.91 Å². The van der Waals surface area contributed by atoms with Crippen LogP contribution in [0.15, 0.2) is 53.6 Å². The van der Waals surface area contributed by atoms with Gasteiger partial charge in [-0.15, -0.1) is 0 Å². The average Bonchev–Trinajstić information content (AvgIpc) is 3.33. The fraction of sp³-hybridized carbons (Fsp3) is 0.273. The fourth-order valence-electron chi connectivity index (χ4n) is 3.39. The van der Waals surface area contributed by atoms with Crippen molar-refractivity contribution in [2.45, 2.75) is 26.4 Å². The van der Waals surface area contributed by atoms with Crippen molar-refractivity contribution in [3.05, 3.63) is 65.2 Å². The number of hydrogen-bond donors (Lipinski definition) is 2. The monoisotopic (exact) mass is 405 g/mol. The van der Waals surface area contributed by atoms with Crippen LogP contribution in [0.3, 0.4) is 0 Å². The van der Waals surface area contributed by atoms with Gasteiger partial charge in [0.05, 0.1) is 18.8 Å². The maximum absolute atomic E-state index is 12.4. The van der Waals surface area contributed by atoms with E-state index in [4.69, 9.17) is 0 Å². The van der Waals surface area contributed by atoms with Crippen molar-refractivity contribution in [1.29, 1.82) is 0 Å². The fourth-order valence-corrected chi connectivity index (χ4v) is 3.39. The van der Waals surface area contributed by atoms with Crippen LogP contribution in [0.2, 0.25) is 0 Å². The molecule has 0 bridgehead atoms. The Kier molecular flexibility index (Phi) is 5.47. The first-order valence-corrected chi connectivity index (χ1v) is 9.85. The Labute approximate surface area is 174 Å². The maximum Gasteiger partial charge on any atom is 0.324 e. The summed E-state index contributed by atoms with van der Waals surface area (Å²) in [5, 5.41) is 11.8. The van der Waals surface area contributed by atoms with Gasteiger partial charge in [0.15, 0.2) is 0 Å². The second-order valence-corrected chi connectivity index (χ2v) is 7.39. The highest BCUT2D eigenvalue weighted by Crippen LogP contribution is 2.20. The second-order valence-electron chi connectivity index (χ2n) is 7.39. The molecule has 2 aromatic rings. The van der Waals surface area contributed by atoms with Crippen molar-refractivity contribution < 1.29 is 14.4 Å². The van der Waals surface area contributed by atoms with Crippen LogP contribution in [-0.4, -0.2) is 41.5 Å². The van der Waals surface area contributed by atoms with Gasteiger partial charge in [0.1, 0.15) is 0 Å². The minimum atomic E-state index is -0.367. The molecule has 2 heterocycles. The molecule has 0 saturated carbocycles. The molecule has 1 fully saturated rings. The Balaban J connectivity index is 1.30. The number of carbonyl (C=O) groups is 3. The topological polar surface area (TPSA) is 94.1 Å². The minimum Gasteiger partial charge on any atom is -0.348 e. The summed E-state index contributed by atoms with van der Waals surface area (Å²) in [6.07, 6.45) is 0.961. The molecule has 0 radical (unpaired) electrons. The molecule has 1 saturated heterocycles. The van der Waals surface area contributed by atoms with Crippen LogP contribution >= 0.6 is 0 Å². The van der Waals surface area contributed by atoms with Gasteiger partial charge < -0.3 is 10.6 Å². The molecule has 4 rings (SSSR count). The highest BCUT2D eigenvalue weighted by Gasteiger charge is 2.28. The molecule has 2 aromatic carbocycles. The number of amides is 4. The summed E-state index contributed by atoms with van der Waals surface area (Å²) in [6.45, 7) is 3.56. The van der Waals surface area contributed by atoms with Crippen molar-refractivity contribution in [3.8, 4) is 0 Å². The van der Waals surface area contributed by atoms with Gasteiger partial charge in [-0.1, -0.05) is 24.3 Å². The van der Waals surface area contributed by atoms with Crippen molar-refractivity contribution in [3.63, 3.8) is 0 Å². The lowest BCUT2D eigenvalue weighted by Gasteiger charge is -2.14. The molecule has 0 spiro atoms. The molecule has 2 aliphatic heterocycles. The van der Waals surface area contributed by atoms with E-state index in [0.717, 1.165) is 35.5 Å². The molecule has 8 heteroatoms. The van der Waals surface area contributed by atoms with E-state index in [9.17, 15) is 14.4 Å². The van der Waals surface area contributed by atoms with Crippen LogP contribution in [-0.2, 0) is 17.9 Å². The molecule has 0 aliphatic carbocycles. The number of anilines is 1. The van der Waals surface area contributed by atoms with Crippen molar-refractivity contribution >= 4 is 29.2 Å². The minimum absolute atomic E-state index is 0.0504. The predicted molar refractivity (Wildman–Crippen MR) is 113 cm³/mol. The van der Waals surface area contributed by atoms with E-state index in [1.54, 1.807) is 12.1 Å². The van der Waals surface area contributed by atoms with Crippen LogP contribution in [0.1, 0.15) is 34.8 Å². The van der Waals surface area contributed by atoms with Crippen LogP contribution in [0.25, 0.3) is 0 Å².